The van der Waals surface area contributed by atoms with E-state index in [0.717, 1.165) is 23.4 Å². The fourth-order valence-corrected chi connectivity index (χ4v) is 3.37. The van der Waals surface area contributed by atoms with Gasteiger partial charge < -0.3 is 9.57 Å². The molecule has 2 aromatic carbocycles. The summed E-state index contributed by atoms with van der Waals surface area (Å²) in [7, 11) is 1.66. The first-order valence-electron chi connectivity index (χ1n) is 9.57. The predicted molar refractivity (Wildman–Crippen MR) is 111 cm³/mol. The molecule has 5 nitrogen and oxygen atoms in total. The second-order valence-electron chi connectivity index (χ2n) is 7.16. The van der Waals surface area contributed by atoms with E-state index >= 15 is 0 Å². The van der Waals surface area contributed by atoms with Crippen LogP contribution in [-0.4, -0.2) is 23.8 Å². The van der Waals surface area contributed by atoms with E-state index in [1.165, 1.54) is 5.56 Å². The Morgan fingerprint density at radius 2 is 1.79 bits per heavy atom. The number of oxime groups is 1. The largest absolute Gasteiger partial charge is 0.497 e. The fraction of sp³-hybridized carbons (Fsp3) is 0.208. The van der Waals surface area contributed by atoms with E-state index in [1.807, 2.05) is 49.4 Å². The molecule has 0 bridgehead atoms. The number of hydrogen-bond donors (Lipinski definition) is 0. The lowest BCUT2D eigenvalue weighted by Crippen LogP contribution is -2.11. The number of aromatic nitrogens is 1. The van der Waals surface area contributed by atoms with Gasteiger partial charge >= 0.3 is 5.97 Å². The van der Waals surface area contributed by atoms with Crippen molar-refractivity contribution in [1.82, 2.24) is 4.98 Å². The molecule has 4 rings (SSSR count). The van der Waals surface area contributed by atoms with Crippen LogP contribution in [0.3, 0.4) is 0 Å². The van der Waals surface area contributed by atoms with Gasteiger partial charge in [0.05, 0.1) is 18.4 Å². The highest BCUT2D eigenvalue weighted by molar-refractivity contribution is 6.03. The van der Waals surface area contributed by atoms with Crippen molar-refractivity contribution in [3.05, 3.63) is 95.3 Å². The number of aryl methyl sites for hydroxylation is 1. The third kappa shape index (κ3) is 4.35. The highest BCUT2D eigenvalue weighted by Gasteiger charge is 2.43. The van der Waals surface area contributed by atoms with E-state index in [2.05, 4.69) is 22.3 Å². The summed E-state index contributed by atoms with van der Waals surface area (Å²) >= 11 is 0. The van der Waals surface area contributed by atoms with Gasteiger partial charge in [0.2, 0.25) is 0 Å². The van der Waals surface area contributed by atoms with Crippen LogP contribution in [0.2, 0.25) is 0 Å². The van der Waals surface area contributed by atoms with E-state index in [-0.39, 0.29) is 5.92 Å². The molecule has 0 spiro atoms. The van der Waals surface area contributed by atoms with E-state index in [4.69, 9.17) is 9.57 Å². The molecular weight excluding hydrogens is 364 g/mol. The molecule has 1 aromatic heterocycles. The highest BCUT2D eigenvalue weighted by atomic mass is 16.7. The van der Waals surface area contributed by atoms with Gasteiger partial charge in [0, 0.05) is 12.1 Å². The van der Waals surface area contributed by atoms with Crippen molar-refractivity contribution in [2.24, 2.45) is 11.1 Å². The molecule has 0 saturated heterocycles. The van der Waals surface area contributed by atoms with Crippen molar-refractivity contribution >= 4 is 11.7 Å². The number of nitrogens with zero attached hydrogens (tertiary/aromatic N) is 2. The Morgan fingerprint density at radius 3 is 2.45 bits per heavy atom. The van der Waals surface area contributed by atoms with Gasteiger partial charge in [-0.3, -0.25) is 4.98 Å². The average Bonchev–Trinajstić information content (AvgIpc) is 3.55. The number of hydrogen-bond acceptors (Lipinski definition) is 5. The van der Waals surface area contributed by atoms with E-state index in [0.29, 0.717) is 17.2 Å². The molecule has 0 amide bonds. The van der Waals surface area contributed by atoms with E-state index in [1.54, 1.807) is 25.4 Å². The molecule has 29 heavy (non-hydrogen) atoms. The van der Waals surface area contributed by atoms with Crippen molar-refractivity contribution < 1.29 is 14.4 Å². The van der Waals surface area contributed by atoms with Crippen LogP contribution in [0, 0.1) is 12.8 Å². The predicted octanol–water partition coefficient (Wildman–Crippen LogP) is 4.76. The minimum absolute atomic E-state index is 0.157. The van der Waals surface area contributed by atoms with Crippen LogP contribution in [0.1, 0.15) is 39.5 Å². The SMILES string of the molecule is COc1ccc([C@H]2C[C@@H]2/C(=N\OC(=O)c2ccc(C)cc2)c2ccccn2)cc1. The topological polar surface area (TPSA) is 60.8 Å². The summed E-state index contributed by atoms with van der Waals surface area (Å²) < 4.78 is 5.24. The normalized spacial score (nSPS) is 18.2. The summed E-state index contributed by atoms with van der Waals surface area (Å²) in [6.45, 7) is 1.97. The van der Waals surface area contributed by atoms with Gasteiger partial charge in [-0.05, 0) is 61.2 Å². The maximum atomic E-state index is 12.4. The minimum atomic E-state index is -0.472. The zero-order valence-corrected chi connectivity index (χ0v) is 16.4. The molecule has 2 atom stereocenters. The Hall–Kier alpha value is -3.47. The van der Waals surface area contributed by atoms with Gasteiger partial charge in [0.25, 0.3) is 0 Å². The van der Waals surface area contributed by atoms with E-state index < -0.39 is 5.97 Å². The molecule has 1 saturated carbocycles. The number of rotatable bonds is 6. The molecule has 1 aliphatic carbocycles. The Morgan fingerprint density at radius 1 is 1.03 bits per heavy atom. The minimum Gasteiger partial charge on any atom is -0.497 e. The Balaban J connectivity index is 1.55. The molecule has 1 heterocycles. The lowest BCUT2D eigenvalue weighted by molar-refractivity contribution is 0.0515. The third-order valence-electron chi connectivity index (χ3n) is 5.13. The first-order chi connectivity index (χ1) is 14.2. The smallest absolute Gasteiger partial charge is 0.365 e. The molecule has 0 N–H and O–H groups in total. The molecule has 0 unspecified atom stereocenters. The van der Waals surface area contributed by atoms with Crippen LogP contribution in [0.15, 0.2) is 78.1 Å². The van der Waals surface area contributed by atoms with Crippen LogP contribution in [0.4, 0.5) is 0 Å². The van der Waals surface area contributed by atoms with Gasteiger partial charge in [-0.15, -0.1) is 0 Å². The van der Waals surface area contributed by atoms with Crippen LogP contribution in [0.5, 0.6) is 5.75 Å². The van der Waals surface area contributed by atoms with Crippen molar-refractivity contribution in [2.75, 3.05) is 7.11 Å². The number of methoxy groups -OCH3 is 1. The van der Waals surface area contributed by atoms with Crippen LogP contribution < -0.4 is 4.74 Å². The van der Waals surface area contributed by atoms with Crippen LogP contribution >= 0.6 is 0 Å². The van der Waals surface area contributed by atoms with Crippen molar-refractivity contribution in [3.8, 4) is 5.75 Å². The molecule has 0 aliphatic heterocycles. The molecule has 0 radical (unpaired) electrons. The first kappa shape index (κ1) is 18.9. The van der Waals surface area contributed by atoms with Gasteiger partial charge in [0.15, 0.2) is 0 Å². The summed E-state index contributed by atoms with van der Waals surface area (Å²) in [5.41, 5.74) is 4.20. The molecule has 146 valence electrons. The zero-order chi connectivity index (χ0) is 20.2. The molecule has 1 fully saturated rings. The Bertz CT molecular complexity index is 1010. The van der Waals surface area contributed by atoms with Gasteiger partial charge in [-0.2, -0.15) is 0 Å². The van der Waals surface area contributed by atoms with Gasteiger partial charge in [-0.25, -0.2) is 4.79 Å². The van der Waals surface area contributed by atoms with Crippen LogP contribution in [-0.2, 0) is 4.84 Å². The second-order valence-corrected chi connectivity index (χ2v) is 7.16. The highest BCUT2D eigenvalue weighted by Crippen LogP contribution is 2.49. The lowest BCUT2D eigenvalue weighted by atomic mass is 10.1. The van der Waals surface area contributed by atoms with Crippen molar-refractivity contribution in [2.45, 2.75) is 19.3 Å². The number of pyridine rings is 1. The number of ether oxygens (including phenoxy) is 1. The summed E-state index contributed by atoms with van der Waals surface area (Å²) in [5, 5.41) is 4.24. The summed E-state index contributed by atoms with van der Waals surface area (Å²) in [5.74, 6) is 0.834. The maximum Gasteiger partial charge on any atom is 0.365 e. The number of benzene rings is 2. The van der Waals surface area contributed by atoms with Crippen molar-refractivity contribution in [1.29, 1.82) is 0 Å². The number of carbonyl (C=O) groups is 1. The average molecular weight is 386 g/mol. The molecule has 5 heteroatoms. The first-order valence-corrected chi connectivity index (χ1v) is 9.57. The summed E-state index contributed by atoms with van der Waals surface area (Å²) in [6, 6.07) is 20.9. The molecular formula is C24H22N2O3. The number of carbonyl (C=O) groups excluding carboxylic acids is 1. The summed E-state index contributed by atoms with van der Waals surface area (Å²) in [4.78, 5) is 22.1. The Kier molecular flexibility index (Phi) is 5.38. The quantitative estimate of drug-likeness (QED) is 0.348. The monoisotopic (exact) mass is 386 g/mol. The molecule has 3 aromatic rings. The maximum absolute atomic E-state index is 12.4. The van der Waals surface area contributed by atoms with Gasteiger partial charge in [-0.1, -0.05) is 41.1 Å². The van der Waals surface area contributed by atoms with Crippen molar-refractivity contribution in [3.63, 3.8) is 0 Å². The second kappa shape index (κ2) is 8.27. The van der Waals surface area contributed by atoms with E-state index in [9.17, 15) is 4.79 Å². The molecule has 1 aliphatic rings. The third-order valence-corrected chi connectivity index (χ3v) is 5.13. The van der Waals surface area contributed by atoms with Crippen LogP contribution in [0.25, 0.3) is 0 Å². The fourth-order valence-electron chi connectivity index (χ4n) is 3.37. The Labute approximate surface area is 170 Å². The van der Waals surface area contributed by atoms with Gasteiger partial charge in [0.1, 0.15) is 11.5 Å². The lowest BCUT2D eigenvalue weighted by Gasteiger charge is -2.07. The summed E-state index contributed by atoms with van der Waals surface area (Å²) in [6.07, 6.45) is 2.65. The standard InChI is InChI=1S/C24H22N2O3/c1-16-6-8-18(9-7-16)24(27)29-26-23(22-5-3-4-14-25-22)21-15-20(21)17-10-12-19(28-2)13-11-17/h3-14,20-21H,15H2,1-2H3/b26-23+/t20-,21+/m1/s1. The zero-order valence-electron chi connectivity index (χ0n) is 16.4.